The summed E-state index contributed by atoms with van der Waals surface area (Å²) in [6, 6.07) is 0. The van der Waals surface area contributed by atoms with Gasteiger partial charge in [0.25, 0.3) is 0 Å². The monoisotopic (exact) mass is 158 g/mol. The zero-order chi connectivity index (χ0) is 8.85. The fourth-order valence-electron chi connectivity index (χ4n) is 0.416. The van der Waals surface area contributed by atoms with Crippen LogP contribution in [-0.2, 0) is 19.1 Å². The molecule has 0 amide bonds. The normalized spacial score (nSPS) is 8.55. The summed E-state index contributed by atoms with van der Waals surface area (Å²) in [7, 11) is 2.53. The molecule has 0 bridgehead atoms. The Labute approximate surface area is 64.8 Å². The maximum absolute atomic E-state index is 10.8. The predicted octanol–water partition coefficient (Wildman–Crippen LogP) is 0.279. The van der Waals surface area contributed by atoms with Crippen molar-refractivity contribution in [2.45, 2.75) is 6.42 Å². The zero-order valence-corrected chi connectivity index (χ0v) is 6.55. The summed E-state index contributed by atoms with van der Waals surface area (Å²) in [5.74, 6) is -1.08. The summed E-state index contributed by atoms with van der Waals surface area (Å²) in [6.45, 7) is 3.28. The molecular formula is C7H10O4. The van der Waals surface area contributed by atoms with Gasteiger partial charge in [-0.2, -0.15) is 0 Å². The average molecular weight is 158 g/mol. The average Bonchev–Trinajstić information content (AvgIpc) is 2.02. The predicted molar refractivity (Wildman–Crippen MR) is 37.8 cm³/mol. The molecule has 0 N–H and O–H groups in total. The summed E-state index contributed by atoms with van der Waals surface area (Å²) in [4.78, 5) is 21.3. The highest BCUT2D eigenvalue weighted by Crippen LogP contribution is 1.98. The quantitative estimate of drug-likeness (QED) is 0.255. The Morgan fingerprint density at radius 3 is 2.18 bits per heavy atom. The SMILES string of the molecule is C=C(OC)C(=O)CC(=O)OC. The highest BCUT2D eigenvalue weighted by atomic mass is 16.5. The van der Waals surface area contributed by atoms with Crippen molar-refractivity contribution in [2.24, 2.45) is 0 Å². The number of esters is 1. The molecule has 4 heteroatoms. The van der Waals surface area contributed by atoms with Crippen LogP contribution in [0.15, 0.2) is 12.3 Å². The zero-order valence-electron chi connectivity index (χ0n) is 6.55. The number of allylic oxidation sites excluding steroid dienone is 1. The molecule has 0 aromatic heterocycles. The van der Waals surface area contributed by atoms with Gasteiger partial charge in [0.1, 0.15) is 6.42 Å². The summed E-state index contributed by atoms with van der Waals surface area (Å²) in [5, 5.41) is 0. The van der Waals surface area contributed by atoms with Crippen molar-refractivity contribution in [1.29, 1.82) is 0 Å². The van der Waals surface area contributed by atoms with Crippen LogP contribution in [0.2, 0.25) is 0 Å². The Bertz CT molecular complexity index is 183. The van der Waals surface area contributed by atoms with Gasteiger partial charge in [-0.15, -0.1) is 0 Å². The molecular weight excluding hydrogens is 148 g/mol. The highest BCUT2D eigenvalue weighted by Gasteiger charge is 2.12. The summed E-state index contributed by atoms with van der Waals surface area (Å²) in [5.41, 5.74) is 0. The van der Waals surface area contributed by atoms with E-state index in [9.17, 15) is 9.59 Å². The number of ketones is 1. The molecule has 0 aliphatic heterocycles. The molecule has 0 unspecified atom stereocenters. The van der Waals surface area contributed by atoms with E-state index in [1.807, 2.05) is 0 Å². The van der Waals surface area contributed by atoms with E-state index in [-0.39, 0.29) is 12.2 Å². The molecule has 0 saturated heterocycles. The Kier molecular flexibility index (Phi) is 3.95. The van der Waals surface area contributed by atoms with Gasteiger partial charge in [0.2, 0.25) is 5.78 Å². The molecule has 11 heavy (non-hydrogen) atoms. The van der Waals surface area contributed by atoms with Crippen molar-refractivity contribution in [3.63, 3.8) is 0 Å². The fourth-order valence-corrected chi connectivity index (χ4v) is 0.416. The Balaban J connectivity index is 3.88. The van der Waals surface area contributed by atoms with Gasteiger partial charge in [-0.05, 0) is 0 Å². The maximum Gasteiger partial charge on any atom is 0.313 e. The lowest BCUT2D eigenvalue weighted by Gasteiger charge is -2.00. The number of ether oxygens (including phenoxy) is 2. The van der Waals surface area contributed by atoms with Gasteiger partial charge in [-0.3, -0.25) is 9.59 Å². The second kappa shape index (κ2) is 4.49. The third-order valence-corrected chi connectivity index (χ3v) is 1.09. The Hall–Kier alpha value is -1.32. The van der Waals surface area contributed by atoms with Gasteiger partial charge in [-0.1, -0.05) is 6.58 Å². The molecule has 0 atom stereocenters. The molecule has 0 spiro atoms. The summed E-state index contributed by atoms with van der Waals surface area (Å²) < 4.78 is 8.76. The maximum atomic E-state index is 10.8. The van der Waals surface area contributed by atoms with Crippen LogP contribution < -0.4 is 0 Å². The molecule has 0 heterocycles. The summed E-state index contributed by atoms with van der Waals surface area (Å²) in [6.07, 6.45) is -0.316. The molecule has 0 aliphatic carbocycles. The first-order valence-corrected chi connectivity index (χ1v) is 2.94. The van der Waals surface area contributed by atoms with E-state index < -0.39 is 11.8 Å². The second-order valence-electron chi connectivity index (χ2n) is 1.80. The minimum absolute atomic E-state index is 0.0320. The van der Waals surface area contributed by atoms with Gasteiger partial charge in [-0.25, -0.2) is 0 Å². The van der Waals surface area contributed by atoms with Crippen LogP contribution in [0.25, 0.3) is 0 Å². The number of carbonyl (C=O) groups is 2. The fraction of sp³-hybridized carbons (Fsp3) is 0.429. The van der Waals surface area contributed by atoms with E-state index in [1.54, 1.807) is 0 Å². The van der Waals surface area contributed by atoms with E-state index in [0.29, 0.717) is 0 Å². The van der Waals surface area contributed by atoms with E-state index in [1.165, 1.54) is 14.2 Å². The van der Waals surface area contributed by atoms with Crippen molar-refractivity contribution in [3.05, 3.63) is 12.3 Å². The lowest BCUT2D eigenvalue weighted by Crippen LogP contribution is -2.11. The van der Waals surface area contributed by atoms with Gasteiger partial charge in [0.15, 0.2) is 5.76 Å². The second-order valence-corrected chi connectivity index (χ2v) is 1.80. The lowest BCUT2D eigenvalue weighted by molar-refractivity contribution is -0.143. The lowest BCUT2D eigenvalue weighted by atomic mass is 10.2. The Morgan fingerprint density at radius 2 is 1.82 bits per heavy atom. The number of hydrogen-bond donors (Lipinski definition) is 0. The van der Waals surface area contributed by atoms with Crippen LogP contribution >= 0.6 is 0 Å². The van der Waals surface area contributed by atoms with Crippen molar-refractivity contribution in [2.75, 3.05) is 14.2 Å². The largest absolute Gasteiger partial charge is 0.494 e. The van der Waals surface area contributed by atoms with Crippen LogP contribution in [0.3, 0.4) is 0 Å². The molecule has 62 valence electrons. The first-order chi connectivity index (χ1) is 5.11. The van der Waals surface area contributed by atoms with E-state index in [4.69, 9.17) is 0 Å². The van der Waals surface area contributed by atoms with E-state index >= 15 is 0 Å². The van der Waals surface area contributed by atoms with Crippen molar-refractivity contribution >= 4 is 11.8 Å². The van der Waals surface area contributed by atoms with Crippen molar-refractivity contribution < 1.29 is 19.1 Å². The van der Waals surface area contributed by atoms with Gasteiger partial charge in [0.05, 0.1) is 14.2 Å². The van der Waals surface area contributed by atoms with E-state index in [0.717, 1.165) is 0 Å². The van der Waals surface area contributed by atoms with Crippen molar-refractivity contribution in [3.8, 4) is 0 Å². The third-order valence-electron chi connectivity index (χ3n) is 1.09. The van der Waals surface area contributed by atoms with E-state index in [2.05, 4.69) is 16.1 Å². The summed E-state index contributed by atoms with van der Waals surface area (Å²) >= 11 is 0. The minimum atomic E-state index is -0.590. The highest BCUT2D eigenvalue weighted by molar-refractivity contribution is 6.03. The molecule has 0 fully saturated rings. The molecule has 0 rings (SSSR count). The van der Waals surface area contributed by atoms with Crippen LogP contribution in [-0.4, -0.2) is 26.0 Å². The molecule has 0 saturated carbocycles. The molecule has 0 aromatic rings. The molecule has 0 radical (unpaired) electrons. The third kappa shape index (κ3) is 3.40. The van der Waals surface area contributed by atoms with Crippen LogP contribution in [0, 0.1) is 0 Å². The number of carbonyl (C=O) groups excluding carboxylic acids is 2. The number of Topliss-reactive ketones (excluding diaryl/α,β-unsaturated/α-hetero) is 1. The van der Waals surface area contributed by atoms with Crippen LogP contribution in [0.4, 0.5) is 0 Å². The number of methoxy groups -OCH3 is 2. The van der Waals surface area contributed by atoms with Crippen molar-refractivity contribution in [1.82, 2.24) is 0 Å². The number of rotatable bonds is 4. The topological polar surface area (TPSA) is 52.6 Å². The first kappa shape index (κ1) is 9.68. The minimum Gasteiger partial charge on any atom is -0.494 e. The van der Waals surface area contributed by atoms with Crippen LogP contribution in [0.1, 0.15) is 6.42 Å². The smallest absolute Gasteiger partial charge is 0.313 e. The van der Waals surface area contributed by atoms with Gasteiger partial charge < -0.3 is 9.47 Å². The number of hydrogen-bond acceptors (Lipinski definition) is 4. The Morgan fingerprint density at radius 1 is 1.27 bits per heavy atom. The molecule has 0 aliphatic rings. The first-order valence-electron chi connectivity index (χ1n) is 2.94. The van der Waals surface area contributed by atoms with Crippen LogP contribution in [0.5, 0.6) is 0 Å². The molecule has 0 aromatic carbocycles. The van der Waals surface area contributed by atoms with Gasteiger partial charge >= 0.3 is 5.97 Å². The molecule has 4 nitrogen and oxygen atoms in total. The standard InChI is InChI=1S/C7H10O4/c1-5(10-2)6(8)4-7(9)11-3/h1,4H2,2-3H3. The van der Waals surface area contributed by atoms with Gasteiger partial charge in [0, 0.05) is 0 Å².